The smallest absolute Gasteiger partial charge is 0.241 e. The average molecular weight is 275 g/mol. The maximum absolute atomic E-state index is 11.7. The fourth-order valence-electron chi connectivity index (χ4n) is 1.67. The molecule has 0 heterocycles. The number of carbonyl (C=O) groups is 2. The van der Waals surface area contributed by atoms with Crippen LogP contribution >= 0.6 is 0 Å². The minimum atomic E-state index is -0.595. The first-order valence-electron chi connectivity index (χ1n) is 6.59. The number of likely N-dealkylation sites (N-methyl/N-ethyl adjacent to an activating group) is 1. The minimum absolute atomic E-state index is 0.0164. The fraction of sp³-hybridized carbons (Fsp3) is 0.333. The second-order valence-electron chi connectivity index (χ2n) is 4.45. The van der Waals surface area contributed by atoms with Gasteiger partial charge in [-0.3, -0.25) is 9.59 Å². The quantitative estimate of drug-likeness (QED) is 0.654. The van der Waals surface area contributed by atoms with E-state index in [1.54, 1.807) is 18.2 Å². The number of hydrogen-bond donors (Lipinski definition) is 3. The number of nitrogens with one attached hydrogen (secondary N) is 2. The maximum atomic E-state index is 11.7. The van der Waals surface area contributed by atoms with Gasteiger partial charge >= 0.3 is 0 Å². The van der Waals surface area contributed by atoms with Crippen molar-refractivity contribution in [3.8, 4) is 0 Å². The van der Waals surface area contributed by atoms with Crippen LogP contribution in [0.1, 0.15) is 18.9 Å². The molecule has 0 aliphatic carbocycles. The van der Waals surface area contributed by atoms with E-state index in [0.717, 1.165) is 5.56 Å². The van der Waals surface area contributed by atoms with E-state index in [0.29, 0.717) is 25.1 Å². The predicted molar refractivity (Wildman–Crippen MR) is 80.2 cm³/mol. The normalized spacial score (nSPS) is 11.5. The Kier molecular flexibility index (Phi) is 6.46. The van der Waals surface area contributed by atoms with Gasteiger partial charge in [0.1, 0.15) is 0 Å². The van der Waals surface area contributed by atoms with E-state index in [-0.39, 0.29) is 11.8 Å². The molecular weight excluding hydrogens is 254 g/mol. The molecule has 4 N–H and O–H groups in total. The molecule has 20 heavy (non-hydrogen) atoms. The van der Waals surface area contributed by atoms with Gasteiger partial charge in [-0.25, -0.2) is 0 Å². The lowest BCUT2D eigenvalue weighted by Gasteiger charge is -2.10. The summed E-state index contributed by atoms with van der Waals surface area (Å²) in [6.07, 6.45) is 2.37. The number of benzene rings is 1. The van der Waals surface area contributed by atoms with Gasteiger partial charge in [-0.05, 0) is 31.0 Å². The first-order valence-corrected chi connectivity index (χ1v) is 6.59. The van der Waals surface area contributed by atoms with E-state index in [1.807, 2.05) is 19.1 Å². The lowest BCUT2D eigenvalue weighted by molar-refractivity contribution is -0.120. The summed E-state index contributed by atoms with van der Waals surface area (Å²) in [5.74, 6) is -0.265. The van der Waals surface area contributed by atoms with Gasteiger partial charge in [0.2, 0.25) is 11.8 Å². The molecular formula is C15H21N3O2. The number of anilines is 1. The second-order valence-corrected chi connectivity index (χ2v) is 4.45. The highest BCUT2D eigenvalue weighted by Gasteiger charge is 2.11. The molecule has 0 radical (unpaired) electrons. The number of nitrogens with two attached hydrogens (primary N) is 1. The Labute approximate surface area is 119 Å². The van der Waals surface area contributed by atoms with E-state index in [4.69, 9.17) is 5.73 Å². The van der Waals surface area contributed by atoms with Gasteiger partial charge in [-0.15, -0.1) is 6.58 Å². The van der Waals surface area contributed by atoms with Crippen LogP contribution in [0.4, 0.5) is 5.69 Å². The third kappa shape index (κ3) is 5.24. The summed E-state index contributed by atoms with van der Waals surface area (Å²) in [6, 6.07) is 6.54. The third-order valence-corrected chi connectivity index (χ3v) is 2.72. The Bertz CT molecular complexity index is 469. The van der Waals surface area contributed by atoms with E-state index in [1.165, 1.54) is 0 Å². The Morgan fingerprint density at radius 3 is 2.55 bits per heavy atom. The second kappa shape index (κ2) is 8.12. The van der Waals surface area contributed by atoms with Gasteiger partial charge in [0, 0.05) is 12.2 Å². The van der Waals surface area contributed by atoms with E-state index < -0.39 is 6.04 Å². The van der Waals surface area contributed by atoms with Crippen molar-refractivity contribution in [3.05, 3.63) is 42.5 Å². The topological polar surface area (TPSA) is 84.2 Å². The van der Waals surface area contributed by atoms with Crippen LogP contribution in [0.2, 0.25) is 0 Å². The zero-order chi connectivity index (χ0) is 15.0. The Balaban J connectivity index is 2.56. The molecule has 1 rings (SSSR count). The molecule has 5 heteroatoms. The molecule has 2 amide bonds. The Morgan fingerprint density at radius 1 is 1.35 bits per heavy atom. The van der Waals surface area contributed by atoms with Crippen LogP contribution in [-0.4, -0.2) is 24.4 Å². The first kappa shape index (κ1) is 15.9. The number of rotatable bonds is 7. The molecule has 1 aromatic carbocycles. The van der Waals surface area contributed by atoms with E-state index in [9.17, 15) is 9.59 Å². The van der Waals surface area contributed by atoms with Crippen LogP contribution in [0.3, 0.4) is 0 Å². The largest absolute Gasteiger partial charge is 0.356 e. The van der Waals surface area contributed by atoms with Crippen LogP contribution in [0, 0.1) is 0 Å². The zero-order valence-corrected chi connectivity index (χ0v) is 11.7. The molecule has 1 aromatic rings. The maximum Gasteiger partial charge on any atom is 0.241 e. The summed E-state index contributed by atoms with van der Waals surface area (Å²) >= 11 is 0. The van der Waals surface area contributed by atoms with Crippen molar-refractivity contribution in [2.24, 2.45) is 5.73 Å². The van der Waals surface area contributed by atoms with Crippen molar-refractivity contribution in [1.82, 2.24) is 5.32 Å². The van der Waals surface area contributed by atoms with Gasteiger partial charge in [-0.2, -0.15) is 0 Å². The lowest BCUT2D eigenvalue weighted by atomic mass is 10.1. The van der Waals surface area contributed by atoms with Crippen LogP contribution in [0.5, 0.6) is 0 Å². The summed E-state index contributed by atoms with van der Waals surface area (Å²) in [4.78, 5) is 23.1. The molecule has 0 spiro atoms. The van der Waals surface area contributed by atoms with Crippen molar-refractivity contribution < 1.29 is 9.59 Å². The summed E-state index contributed by atoms with van der Waals surface area (Å²) in [7, 11) is 0. The standard InChI is InChI=1S/C15H21N3O2/c1-3-5-13(16)15(20)18-12-8-6-11(7-9-12)10-14(19)17-4-2/h3,6-9,13H,1,4-5,10,16H2,2H3,(H,17,19)(H,18,20). The fourth-order valence-corrected chi connectivity index (χ4v) is 1.67. The van der Waals surface area contributed by atoms with Crippen molar-refractivity contribution in [1.29, 1.82) is 0 Å². The summed E-state index contributed by atoms with van der Waals surface area (Å²) in [5.41, 5.74) is 7.22. The Hall–Kier alpha value is -2.14. The average Bonchev–Trinajstić information content (AvgIpc) is 2.41. The van der Waals surface area contributed by atoms with Gasteiger partial charge in [0.05, 0.1) is 12.5 Å². The molecule has 1 atom stereocenters. The van der Waals surface area contributed by atoms with Crippen LogP contribution in [-0.2, 0) is 16.0 Å². The molecule has 1 unspecified atom stereocenters. The highest BCUT2D eigenvalue weighted by molar-refractivity contribution is 5.94. The zero-order valence-electron chi connectivity index (χ0n) is 11.7. The highest BCUT2D eigenvalue weighted by Crippen LogP contribution is 2.10. The Morgan fingerprint density at radius 2 is 2.00 bits per heavy atom. The molecule has 5 nitrogen and oxygen atoms in total. The van der Waals surface area contributed by atoms with Crippen LogP contribution in [0.15, 0.2) is 36.9 Å². The van der Waals surface area contributed by atoms with E-state index in [2.05, 4.69) is 17.2 Å². The summed E-state index contributed by atoms with van der Waals surface area (Å²) in [6.45, 7) is 6.04. The summed E-state index contributed by atoms with van der Waals surface area (Å²) < 4.78 is 0. The molecule has 0 aliphatic heterocycles. The van der Waals surface area contributed by atoms with Crippen molar-refractivity contribution in [3.63, 3.8) is 0 Å². The van der Waals surface area contributed by atoms with Gasteiger partial charge in [0.25, 0.3) is 0 Å². The SMILES string of the molecule is C=CCC(N)C(=O)Nc1ccc(CC(=O)NCC)cc1. The summed E-state index contributed by atoms with van der Waals surface area (Å²) in [5, 5.41) is 5.46. The van der Waals surface area contributed by atoms with Gasteiger partial charge in [-0.1, -0.05) is 18.2 Å². The molecule has 0 aliphatic rings. The molecule has 0 saturated heterocycles. The first-order chi connectivity index (χ1) is 9.56. The number of hydrogen-bond acceptors (Lipinski definition) is 3. The number of carbonyl (C=O) groups excluding carboxylic acids is 2. The van der Waals surface area contributed by atoms with Crippen LogP contribution in [0.25, 0.3) is 0 Å². The highest BCUT2D eigenvalue weighted by atomic mass is 16.2. The molecule has 0 bridgehead atoms. The van der Waals surface area contributed by atoms with Gasteiger partial charge in [0.15, 0.2) is 0 Å². The molecule has 0 fully saturated rings. The van der Waals surface area contributed by atoms with Gasteiger partial charge < -0.3 is 16.4 Å². The van der Waals surface area contributed by atoms with Crippen molar-refractivity contribution >= 4 is 17.5 Å². The van der Waals surface area contributed by atoms with Crippen molar-refractivity contribution in [2.45, 2.75) is 25.8 Å². The minimum Gasteiger partial charge on any atom is -0.356 e. The third-order valence-electron chi connectivity index (χ3n) is 2.72. The monoisotopic (exact) mass is 275 g/mol. The molecule has 108 valence electrons. The van der Waals surface area contributed by atoms with E-state index >= 15 is 0 Å². The number of amides is 2. The lowest BCUT2D eigenvalue weighted by Crippen LogP contribution is -2.35. The molecule has 0 aromatic heterocycles. The molecule has 0 saturated carbocycles. The van der Waals surface area contributed by atoms with Crippen molar-refractivity contribution in [2.75, 3.05) is 11.9 Å². The predicted octanol–water partition coefficient (Wildman–Crippen LogP) is 1.21. The van der Waals surface area contributed by atoms with Crippen LogP contribution < -0.4 is 16.4 Å².